The number of benzene rings is 1. The van der Waals surface area contributed by atoms with Crippen molar-refractivity contribution >= 4 is 27.5 Å². The molecule has 0 radical (unpaired) electrons. The zero-order chi connectivity index (χ0) is 13.3. The van der Waals surface area contributed by atoms with Crippen molar-refractivity contribution in [2.24, 2.45) is 12.9 Å². The van der Waals surface area contributed by atoms with Gasteiger partial charge in [0.1, 0.15) is 5.82 Å². The van der Waals surface area contributed by atoms with Gasteiger partial charge in [0.2, 0.25) is 0 Å². The van der Waals surface area contributed by atoms with Gasteiger partial charge in [-0.1, -0.05) is 22.9 Å². The van der Waals surface area contributed by atoms with Crippen molar-refractivity contribution < 1.29 is 4.39 Å². The molecule has 0 aliphatic rings. The molecule has 96 valence electrons. The van der Waals surface area contributed by atoms with Crippen LogP contribution in [-0.2, 0) is 7.05 Å². The predicted octanol–water partition coefficient (Wildman–Crippen LogP) is 1.92. The number of hydrogen-bond donors (Lipinski definition) is 2. The lowest BCUT2D eigenvalue weighted by Crippen LogP contribution is -2.31. The van der Waals surface area contributed by atoms with Gasteiger partial charge in [-0.2, -0.15) is 0 Å². The van der Waals surface area contributed by atoms with Crippen LogP contribution in [0.2, 0.25) is 5.02 Å². The van der Waals surface area contributed by atoms with Gasteiger partial charge in [0.05, 0.1) is 11.7 Å². The summed E-state index contributed by atoms with van der Waals surface area (Å²) < 4.78 is 15.2. The molecule has 1 aromatic carbocycles. The standard InChI is InChI=1S/C10H10BrClFN5/c1-18-9(10(11)16-17-18)8(15-14)6-3-2-5(13)4-7(6)12/h2-4,8,15H,14H2,1H3. The molecule has 3 N–H and O–H groups in total. The number of aryl methyl sites for hydroxylation is 1. The van der Waals surface area contributed by atoms with Crippen molar-refractivity contribution in [3.05, 3.63) is 44.9 Å². The van der Waals surface area contributed by atoms with Crippen molar-refractivity contribution in [1.82, 2.24) is 20.4 Å². The minimum absolute atomic E-state index is 0.283. The topological polar surface area (TPSA) is 68.8 Å². The number of hydrazine groups is 1. The maximum Gasteiger partial charge on any atom is 0.153 e. The van der Waals surface area contributed by atoms with E-state index in [2.05, 4.69) is 31.7 Å². The Morgan fingerprint density at radius 3 is 2.78 bits per heavy atom. The van der Waals surface area contributed by atoms with Gasteiger partial charge in [-0.15, -0.1) is 5.10 Å². The normalized spacial score (nSPS) is 12.7. The SMILES string of the molecule is Cn1nnc(Br)c1C(NN)c1ccc(F)cc1Cl. The second-order valence-electron chi connectivity index (χ2n) is 3.65. The van der Waals surface area contributed by atoms with Crippen molar-refractivity contribution in [2.75, 3.05) is 0 Å². The molecule has 0 saturated heterocycles. The smallest absolute Gasteiger partial charge is 0.153 e. The Kier molecular flexibility index (Phi) is 3.96. The van der Waals surface area contributed by atoms with E-state index in [1.165, 1.54) is 12.1 Å². The third-order valence-corrected chi connectivity index (χ3v) is 3.43. The third kappa shape index (κ3) is 2.39. The van der Waals surface area contributed by atoms with Crippen LogP contribution in [0.4, 0.5) is 4.39 Å². The molecule has 0 saturated carbocycles. The second-order valence-corrected chi connectivity index (χ2v) is 4.81. The number of halogens is 3. The minimum atomic E-state index is -0.438. The van der Waals surface area contributed by atoms with Gasteiger partial charge in [-0.3, -0.25) is 5.84 Å². The molecule has 0 amide bonds. The number of nitrogens with one attached hydrogen (secondary N) is 1. The van der Waals surface area contributed by atoms with Crippen LogP contribution in [-0.4, -0.2) is 15.0 Å². The van der Waals surface area contributed by atoms with Gasteiger partial charge in [0.25, 0.3) is 0 Å². The zero-order valence-electron chi connectivity index (χ0n) is 9.36. The van der Waals surface area contributed by atoms with Crippen molar-refractivity contribution in [2.45, 2.75) is 6.04 Å². The molecule has 2 rings (SSSR count). The Hall–Kier alpha value is -1.02. The summed E-state index contributed by atoms with van der Waals surface area (Å²) in [7, 11) is 1.73. The Morgan fingerprint density at radius 1 is 1.56 bits per heavy atom. The Morgan fingerprint density at radius 2 is 2.28 bits per heavy atom. The van der Waals surface area contributed by atoms with E-state index in [1.54, 1.807) is 17.8 Å². The van der Waals surface area contributed by atoms with Crippen molar-refractivity contribution in [3.8, 4) is 0 Å². The third-order valence-electron chi connectivity index (χ3n) is 2.54. The molecular weight excluding hydrogens is 324 g/mol. The van der Waals surface area contributed by atoms with Crippen LogP contribution in [0.15, 0.2) is 22.8 Å². The quantitative estimate of drug-likeness (QED) is 0.665. The molecule has 0 aliphatic carbocycles. The van der Waals surface area contributed by atoms with Crippen LogP contribution in [0.1, 0.15) is 17.3 Å². The molecule has 1 atom stereocenters. The Bertz CT molecular complexity index is 554. The molecular formula is C10H10BrClFN5. The van der Waals surface area contributed by atoms with Crippen LogP contribution in [0.5, 0.6) is 0 Å². The monoisotopic (exact) mass is 333 g/mol. The Balaban J connectivity index is 2.52. The van der Waals surface area contributed by atoms with Crippen LogP contribution >= 0.6 is 27.5 Å². The highest BCUT2D eigenvalue weighted by molar-refractivity contribution is 9.10. The van der Waals surface area contributed by atoms with Gasteiger partial charge in [0.15, 0.2) is 4.60 Å². The minimum Gasteiger partial charge on any atom is -0.271 e. The first-order valence-electron chi connectivity index (χ1n) is 5.00. The maximum absolute atomic E-state index is 13.0. The Labute approximate surface area is 116 Å². The van der Waals surface area contributed by atoms with E-state index in [4.69, 9.17) is 17.4 Å². The molecule has 0 aliphatic heterocycles. The summed E-state index contributed by atoms with van der Waals surface area (Å²) in [5.74, 6) is 5.15. The van der Waals surface area contributed by atoms with Crippen LogP contribution in [0, 0.1) is 5.82 Å². The van der Waals surface area contributed by atoms with E-state index < -0.39 is 11.9 Å². The molecule has 1 unspecified atom stereocenters. The van der Waals surface area contributed by atoms with Gasteiger partial charge in [0, 0.05) is 12.1 Å². The maximum atomic E-state index is 13.0. The van der Waals surface area contributed by atoms with E-state index in [0.717, 1.165) is 0 Å². The van der Waals surface area contributed by atoms with Gasteiger partial charge in [-0.05, 0) is 33.6 Å². The predicted molar refractivity (Wildman–Crippen MR) is 69.3 cm³/mol. The second kappa shape index (κ2) is 5.31. The number of nitrogens with zero attached hydrogens (tertiary/aromatic N) is 3. The van der Waals surface area contributed by atoms with Crippen molar-refractivity contribution in [3.63, 3.8) is 0 Å². The van der Waals surface area contributed by atoms with E-state index >= 15 is 0 Å². The van der Waals surface area contributed by atoms with Gasteiger partial charge < -0.3 is 0 Å². The summed E-state index contributed by atoms with van der Waals surface area (Å²) in [5, 5.41) is 8.02. The van der Waals surface area contributed by atoms with E-state index in [1.807, 2.05) is 0 Å². The van der Waals surface area contributed by atoms with E-state index in [9.17, 15) is 4.39 Å². The lowest BCUT2D eigenvalue weighted by Gasteiger charge is -2.17. The van der Waals surface area contributed by atoms with Crippen LogP contribution in [0.3, 0.4) is 0 Å². The lowest BCUT2D eigenvalue weighted by atomic mass is 10.0. The highest BCUT2D eigenvalue weighted by Gasteiger charge is 2.23. The highest BCUT2D eigenvalue weighted by Crippen LogP contribution is 2.30. The van der Waals surface area contributed by atoms with Gasteiger partial charge >= 0.3 is 0 Å². The van der Waals surface area contributed by atoms with E-state index in [0.29, 0.717) is 15.9 Å². The number of aromatic nitrogens is 3. The molecule has 2 aromatic rings. The average Bonchev–Trinajstić information content (AvgIpc) is 2.64. The molecule has 5 nitrogen and oxygen atoms in total. The van der Waals surface area contributed by atoms with Gasteiger partial charge in [-0.25, -0.2) is 14.5 Å². The fraction of sp³-hybridized carbons (Fsp3) is 0.200. The lowest BCUT2D eigenvalue weighted by molar-refractivity contribution is 0.566. The highest BCUT2D eigenvalue weighted by atomic mass is 79.9. The largest absolute Gasteiger partial charge is 0.271 e. The summed E-state index contributed by atoms with van der Waals surface area (Å²) in [6.07, 6.45) is 0. The first-order chi connectivity index (χ1) is 8.54. The number of nitrogens with two attached hydrogens (primary N) is 1. The molecule has 0 fully saturated rings. The molecule has 8 heteroatoms. The first-order valence-corrected chi connectivity index (χ1v) is 6.18. The van der Waals surface area contributed by atoms with E-state index in [-0.39, 0.29) is 5.02 Å². The fourth-order valence-electron chi connectivity index (χ4n) is 1.70. The average molecular weight is 335 g/mol. The summed E-state index contributed by atoms with van der Waals surface area (Å²) >= 11 is 9.31. The molecule has 0 bridgehead atoms. The zero-order valence-corrected chi connectivity index (χ0v) is 11.7. The van der Waals surface area contributed by atoms with Crippen molar-refractivity contribution in [1.29, 1.82) is 0 Å². The molecule has 0 spiro atoms. The fourth-order valence-corrected chi connectivity index (χ4v) is 2.53. The van der Waals surface area contributed by atoms with Crippen LogP contribution in [0.25, 0.3) is 0 Å². The molecule has 1 heterocycles. The number of rotatable bonds is 3. The summed E-state index contributed by atoms with van der Waals surface area (Å²) in [6, 6.07) is 3.69. The molecule has 18 heavy (non-hydrogen) atoms. The summed E-state index contributed by atoms with van der Waals surface area (Å²) in [5.41, 5.74) is 3.97. The van der Waals surface area contributed by atoms with Crippen LogP contribution < -0.4 is 11.3 Å². The summed E-state index contributed by atoms with van der Waals surface area (Å²) in [4.78, 5) is 0. The number of hydrogen-bond acceptors (Lipinski definition) is 4. The summed E-state index contributed by atoms with van der Waals surface area (Å²) in [6.45, 7) is 0. The molecule has 1 aromatic heterocycles. The first kappa shape index (κ1) is 13.4.